The number of carbonyl (C=O) groups is 1. The Kier molecular flexibility index (Phi) is 5.39. The van der Waals surface area contributed by atoms with Gasteiger partial charge in [0.05, 0.1) is 16.5 Å². The van der Waals surface area contributed by atoms with E-state index in [-0.39, 0.29) is 16.5 Å². The Hall–Kier alpha value is -2.33. The molecule has 1 unspecified atom stereocenters. The van der Waals surface area contributed by atoms with Crippen molar-refractivity contribution in [3.05, 3.63) is 41.2 Å². The van der Waals surface area contributed by atoms with E-state index < -0.39 is 21.7 Å². The molecule has 0 bridgehead atoms. The first-order chi connectivity index (χ1) is 13.9. The van der Waals surface area contributed by atoms with E-state index in [0.29, 0.717) is 6.54 Å². The van der Waals surface area contributed by atoms with Gasteiger partial charge in [-0.05, 0) is 50.9 Å². The molecule has 2 aliphatic rings. The molecule has 1 amide bonds. The molecule has 2 aliphatic heterocycles. The molecule has 10 heteroatoms. The average Bonchev–Trinajstić information content (AvgIpc) is 3.28. The lowest BCUT2D eigenvalue weighted by molar-refractivity contribution is 0.0722. The summed E-state index contributed by atoms with van der Waals surface area (Å²) in [5, 5.41) is 8.68. The summed E-state index contributed by atoms with van der Waals surface area (Å²) >= 11 is 0. The number of amides is 1. The van der Waals surface area contributed by atoms with Gasteiger partial charge in [0.15, 0.2) is 5.82 Å². The van der Waals surface area contributed by atoms with E-state index >= 15 is 0 Å². The molecule has 29 heavy (non-hydrogen) atoms. The number of hydrogen-bond donors (Lipinski definition) is 1. The summed E-state index contributed by atoms with van der Waals surface area (Å²) in [5.41, 5.74) is -0.246. The molecule has 4 rings (SSSR count). The third-order valence-electron chi connectivity index (χ3n) is 5.70. The predicted octanol–water partition coefficient (Wildman–Crippen LogP) is 2.03. The van der Waals surface area contributed by atoms with Gasteiger partial charge in [-0.1, -0.05) is 6.42 Å². The van der Waals surface area contributed by atoms with Crippen molar-refractivity contribution in [2.24, 2.45) is 0 Å². The van der Waals surface area contributed by atoms with Gasteiger partial charge in [0, 0.05) is 19.5 Å². The maximum atomic E-state index is 14.5. The predicted molar refractivity (Wildman–Crippen MR) is 103 cm³/mol. The third-order valence-corrected chi connectivity index (χ3v) is 7.11. The lowest BCUT2D eigenvalue weighted by Gasteiger charge is -2.25. The molecule has 156 valence electrons. The minimum Gasteiger partial charge on any atom is -0.328 e. The molecule has 8 nitrogen and oxygen atoms in total. The van der Waals surface area contributed by atoms with Crippen molar-refractivity contribution in [1.82, 2.24) is 24.4 Å². The van der Waals surface area contributed by atoms with Gasteiger partial charge in [0.2, 0.25) is 10.0 Å². The number of hydrogen-bond acceptors (Lipinski definition) is 5. The molecule has 1 aromatic heterocycles. The van der Waals surface area contributed by atoms with Crippen molar-refractivity contribution in [2.75, 3.05) is 13.6 Å². The van der Waals surface area contributed by atoms with E-state index in [1.54, 1.807) is 4.90 Å². The van der Waals surface area contributed by atoms with Crippen LogP contribution in [-0.4, -0.2) is 47.6 Å². The van der Waals surface area contributed by atoms with E-state index in [4.69, 9.17) is 0 Å². The maximum Gasteiger partial charge on any atom is 0.257 e. The summed E-state index contributed by atoms with van der Waals surface area (Å²) in [7, 11) is -2.51. The monoisotopic (exact) mass is 421 g/mol. The fraction of sp³-hybridized carbons (Fsp3) is 0.526. The highest BCUT2D eigenvalue weighted by molar-refractivity contribution is 7.89. The van der Waals surface area contributed by atoms with E-state index in [2.05, 4.69) is 19.5 Å². The van der Waals surface area contributed by atoms with E-state index in [1.807, 2.05) is 0 Å². The largest absolute Gasteiger partial charge is 0.328 e. The van der Waals surface area contributed by atoms with Crippen LogP contribution >= 0.6 is 0 Å². The number of carbonyl (C=O) groups excluding carboxylic acids is 1. The van der Waals surface area contributed by atoms with E-state index in [0.717, 1.165) is 74.9 Å². The summed E-state index contributed by atoms with van der Waals surface area (Å²) in [5.74, 6) is 0.414. The standard InChI is InChI=1S/C19H24FN5O3S/c1-21-29(27,28)13-8-9-15(20)14(12-13)19(26)24-11-5-6-16(24)18-23-22-17-7-3-2-4-10-25(17)18/h8-9,12,16,21H,2-7,10-11H2,1H3. The van der Waals surface area contributed by atoms with Crippen LogP contribution in [0.5, 0.6) is 0 Å². The van der Waals surface area contributed by atoms with Gasteiger partial charge in [0.25, 0.3) is 5.91 Å². The molecule has 2 aromatic rings. The molecule has 1 atom stereocenters. The number of likely N-dealkylation sites (tertiary alicyclic amines) is 1. The van der Waals surface area contributed by atoms with Crippen LogP contribution in [0.1, 0.15) is 60.2 Å². The minimum atomic E-state index is -3.78. The fourth-order valence-electron chi connectivity index (χ4n) is 4.14. The summed E-state index contributed by atoms with van der Waals surface area (Å²) in [6, 6.07) is 2.98. The molecule has 1 aromatic carbocycles. The van der Waals surface area contributed by atoms with Crippen LogP contribution in [0.25, 0.3) is 0 Å². The van der Waals surface area contributed by atoms with Gasteiger partial charge >= 0.3 is 0 Å². The molecule has 0 saturated carbocycles. The minimum absolute atomic E-state index is 0.142. The van der Waals surface area contributed by atoms with Gasteiger partial charge in [-0.15, -0.1) is 10.2 Å². The number of aryl methyl sites for hydroxylation is 1. The second kappa shape index (κ2) is 7.83. The molecule has 1 N–H and O–H groups in total. The van der Waals surface area contributed by atoms with Gasteiger partial charge < -0.3 is 9.47 Å². The van der Waals surface area contributed by atoms with Crippen molar-refractivity contribution >= 4 is 15.9 Å². The van der Waals surface area contributed by atoms with Crippen molar-refractivity contribution in [2.45, 2.75) is 56.0 Å². The highest BCUT2D eigenvalue weighted by Gasteiger charge is 2.36. The number of aromatic nitrogens is 3. The summed E-state index contributed by atoms with van der Waals surface area (Å²) in [4.78, 5) is 14.6. The number of nitrogens with zero attached hydrogens (tertiary/aromatic N) is 4. The van der Waals surface area contributed by atoms with Crippen molar-refractivity contribution < 1.29 is 17.6 Å². The van der Waals surface area contributed by atoms with Crippen LogP contribution in [0, 0.1) is 5.82 Å². The second-order valence-electron chi connectivity index (χ2n) is 7.44. The molecule has 0 radical (unpaired) electrons. The Balaban J connectivity index is 1.68. The zero-order valence-corrected chi connectivity index (χ0v) is 17.1. The first-order valence-electron chi connectivity index (χ1n) is 9.88. The molecular formula is C19H24FN5O3S. The zero-order chi connectivity index (χ0) is 20.6. The average molecular weight is 421 g/mol. The van der Waals surface area contributed by atoms with Gasteiger partial charge in [0.1, 0.15) is 11.6 Å². The number of sulfonamides is 1. The molecule has 0 aliphatic carbocycles. The number of nitrogens with one attached hydrogen (secondary N) is 1. The van der Waals surface area contributed by atoms with Crippen LogP contribution in [0.4, 0.5) is 4.39 Å². The number of benzene rings is 1. The van der Waals surface area contributed by atoms with Crippen molar-refractivity contribution in [3.8, 4) is 0 Å². The van der Waals surface area contributed by atoms with Crippen LogP contribution in [0.15, 0.2) is 23.1 Å². The van der Waals surface area contributed by atoms with Crippen LogP contribution < -0.4 is 4.72 Å². The van der Waals surface area contributed by atoms with Crippen LogP contribution in [0.3, 0.4) is 0 Å². The summed E-state index contributed by atoms with van der Waals surface area (Å²) in [6.07, 6.45) is 5.61. The topological polar surface area (TPSA) is 97.2 Å². The lowest BCUT2D eigenvalue weighted by atomic mass is 10.1. The maximum absolute atomic E-state index is 14.5. The molecule has 0 spiro atoms. The fourth-order valence-corrected chi connectivity index (χ4v) is 4.90. The van der Waals surface area contributed by atoms with Crippen molar-refractivity contribution in [1.29, 1.82) is 0 Å². The van der Waals surface area contributed by atoms with E-state index in [9.17, 15) is 17.6 Å². The van der Waals surface area contributed by atoms with Gasteiger partial charge in [-0.2, -0.15) is 0 Å². The number of fused-ring (bicyclic) bond motifs is 1. The Morgan fingerprint density at radius 3 is 2.79 bits per heavy atom. The van der Waals surface area contributed by atoms with Crippen LogP contribution in [-0.2, 0) is 23.0 Å². The molecule has 3 heterocycles. The van der Waals surface area contributed by atoms with Crippen LogP contribution in [0.2, 0.25) is 0 Å². The number of rotatable bonds is 4. The quantitative estimate of drug-likeness (QED) is 0.815. The summed E-state index contributed by atoms with van der Waals surface area (Å²) < 4.78 is 42.9. The Morgan fingerprint density at radius 1 is 1.17 bits per heavy atom. The first-order valence-corrected chi connectivity index (χ1v) is 11.4. The normalized spacial score (nSPS) is 19.8. The van der Waals surface area contributed by atoms with Crippen molar-refractivity contribution in [3.63, 3.8) is 0 Å². The second-order valence-corrected chi connectivity index (χ2v) is 9.33. The highest BCUT2D eigenvalue weighted by atomic mass is 32.2. The molecule has 1 fully saturated rings. The Morgan fingerprint density at radius 2 is 2.00 bits per heavy atom. The zero-order valence-electron chi connectivity index (χ0n) is 16.3. The summed E-state index contributed by atoms with van der Waals surface area (Å²) in [6.45, 7) is 1.29. The SMILES string of the molecule is CNS(=O)(=O)c1ccc(F)c(C(=O)N2CCCC2c2nnc3n2CCCCC3)c1. The molecule has 1 saturated heterocycles. The smallest absolute Gasteiger partial charge is 0.257 e. The molecular weight excluding hydrogens is 397 g/mol. The first kappa shape index (κ1) is 20.0. The lowest BCUT2D eigenvalue weighted by Crippen LogP contribution is -2.33. The van der Waals surface area contributed by atoms with Gasteiger partial charge in [-0.25, -0.2) is 17.5 Å². The van der Waals surface area contributed by atoms with Gasteiger partial charge in [-0.3, -0.25) is 4.79 Å². The van der Waals surface area contributed by atoms with E-state index in [1.165, 1.54) is 7.05 Å². The third kappa shape index (κ3) is 3.66. The number of halogens is 1. The Bertz CT molecular complexity index is 1040. The Labute approximate surface area is 169 Å². The highest BCUT2D eigenvalue weighted by Crippen LogP contribution is 2.34.